The van der Waals surface area contributed by atoms with Gasteiger partial charge in [-0.1, -0.05) is 12.1 Å². The monoisotopic (exact) mass is 499 g/mol. The number of para-hydroxylation sites is 1. The van der Waals surface area contributed by atoms with Gasteiger partial charge >= 0.3 is 5.97 Å². The second kappa shape index (κ2) is 10.8. The molecular weight excluding hydrogens is 473 g/mol. The smallest absolute Gasteiger partial charge is 0.337 e. The van der Waals surface area contributed by atoms with E-state index in [9.17, 15) is 18.8 Å². The van der Waals surface area contributed by atoms with Crippen molar-refractivity contribution in [3.05, 3.63) is 69.0 Å². The van der Waals surface area contributed by atoms with Crippen LogP contribution in [0.3, 0.4) is 0 Å². The molecule has 1 aliphatic heterocycles. The predicted molar refractivity (Wildman–Crippen MR) is 133 cm³/mol. The third-order valence-electron chi connectivity index (χ3n) is 6.02. The zero-order valence-corrected chi connectivity index (χ0v) is 20.1. The summed E-state index contributed by atoms with van der Waals surface area (Å²) in [6, 6.07) is 11.2. The molecule has 0 radical (unpaired) electrons. The molecule has 184 valence electrons. The van der Waals surface area contributed by atoms with Crippen molar-refractivity contribution in [1.82, 2.24) is 19.8 Å². The van der Waals surface area contributed by atoms with Crippen molar-refractivity contribution in [1.29, 1.82) is 0 Å². The van der Waals surface area contributed by atoms with E-state index in [-0.39, 0.29) is 28.6 Å². The van der Waals surface area contributed by atoms with Crippen LogP contribution in [-0.2, 0) is 16.1 Å². The number of rotatable bonds is 7. The molecule has 1 saturated heterocycles. The van der Waals surface area contributed by atoms with Crippen molar-refractivity contribution < 1.29 is 18.7 Å². The molecule has 2 aromatic carbocycles. The standard InChI is InChI=1S/C24H26FN5O4S/c1-34-23(33)16-6-7-17-19(14-16)27-24(35)30(22(17)32)15-21(31)26-8-9-28-10-12-29(13-11-28)20-5-3-2-4-18(20)25/h2-7,14H,8-13,15H2,1H3,(H,26,31)(H,27,35). The number of hydrogen-bond acceptors (Lipinski definition) is 7. The first-order valence-corrected chi connectivity index (χ1v) is 11.6. The average molecular weight is 500 g/mol. The van der Waals surface area contributed by atoms with E-state index in [4.69, 9.17) is 17.0 Å². The maximum atomic E-state index is 14.0. The molecule has 1 aromatic heterocycles. The number of carbonyl (C=O) groups is 2. The third-order valence-corrected chi connectivity index (χ3v) is 6.34. The zero-order chi connectivity index (χ0) is 24.9. The predicted octanol–water partition coefficient (Wildman–Crippen LogP) is 1.92. The van der Waals surface area contributed by atoms with Gasteiger partial charge in [0.1, 0.15) is 12.4 Å². The van der Waals surface area contributed by atoms with Crippen molar-refractivity contribution in [2.45, 2.75) is 6.54 Å². The largest absolute Gasteiger partial charge is 0.465 e. The molecular formula is C24H26FN5O4S. The van der Waals surface area contributed by atoms with Gasteiger partial charge < -0.3 is 19.9 Å². The van der Waals surface area contributed by atoms with Crippen LogP contribution in [0.15, 0.2) is 47.3 Å². The molecule has 4 rings (SSSR count). The van der Waals surface area contributed by atoms with E-state index >= 15 is 0 Å². The Balaban J connectivity index is 1.31. The van der Waals surface area contributed by atoms with Gasteiger partial charge in [0.15, 0.2) is 4.77 Å². The number of piperazine rings is 1. The first-order chi connectivity index (χ1) is 16.9. The summed E-state index contributed by atoms with van der Waals surface area (Å²) in [5.74, 6) is -1.08. The van der Waals surface area contributed by atoms with Gasteiger partial charge in [-0.25, -0.2) is 9.18 Å². The average Bonchev–Trinajstić information content (AvgIpc) is 2.86. The number of esters is 1. The fourth-order valence-electron chi connectivity index (χ4n) is 4.12. The maximum Gasteiger partial charge on any atom is 0.337 e. The molecule has 9 nitrogen and oxygen atoms in total. The van der Waals surface area contributed by atoms with Crippen LogP contribution in [0.4, 0.5) is 10.1 Å². The summed E-state index contributed by atoms with van der Waals surface area (Å²) in [5.41, 5.74) is 0.878. The van der Waals surface area contributed by atoms with Crippen LogP contribution in [0.1, 0.15) is 10.4 Å². The Morgan fingerprint density at radius 1 is 1.14 bits per heavy atom. The molecule has 1 amide bonds. The number of fused-ring (bicyclic) bond motifs is 1. The highest BCUT2D eigenvalue weighted by Gasteiger charge is 2.19. The van der Waals surface area contributed by atoms with Crippen LogP contribution in [-0.4, -0.2) is 72.7 Å². The molecule has 2 N–H and O–H groups in total. The van der Waals surface area contributed by atoms with Gasteiger partial charge in [-0.15, -0.1) is 0 Å². The van der Waals surface area contributed by atoms with Gasteiger partial charge in [-0.3, -0.25) is 19.1 Å². The molecule has 1 aliphatic rings. The summed E-state index contributed by atoms with van der Waals surface area (Å²) in [7, 11) is 1.27. The van der Waals surface area contributed by atoms with Crippen LogP contribution in [0.2, 0.25) is 0 Å². The lowest BCUT2D eigenvalue weighted by molar-refractivity contribution is -0.121. The first kappa shape index (κ1) is 24.6. The SMILES string of the molecule is COC(=O)c1ccc2c(=O)n(CC(=O)NCCN3CCN(c4ccccc4F)CC3)c(=S)[nH]c2c1. The fourth-order valence-corrected chi connectivity index (χ4v) is 4.37. The molecule has 1 fully saturated rings. The number of anilines is 1. The summed E-state index contributed by atoms with van der Waals surface area (Å²) in [5, 5.41) is 3.14. The number of halogens is 1. The zero-order valence-electron chi connectivity index (χ0n) is 19.3. The van der Waals surface area contributed by atoms with E-state index in [1.54, 1.807) is 12.1 Å². The minimum absolute atomic E-state index is 0.0870. The molecule has 0 spiro atoms. The Morgan fingerprint density at radius 2 is 1.89 bits per heavy atom. The summed E-state index contributed by atoms with van der Waals surface area (Å²) in [4.78, 5) is 44.2. The molecule has 0 saturated carbocycles. The minimum atomic E-state index is -0.525. The van der Waals surface area contributed by atoms with Gasteiger partial charge in [-0.05, 0) is 42.5 Å². The van der Waals surface area contributed by atoms with Crippen molar-refractivity contribution in [3.63, 3.8) is 0 Å². The number of methoxy groups -OCH3 is 1. The summed E-state index contributed by atoms with van der Waals surface area (Å²) in [6.45, 7) is 3.76. The van der Waals surface area contributed by atoms with Crippen LogP contribution >= 0.6 is 12.2 Å². The summed E-state index contributed by atoms with van der Waals surface area (Å²) in [6.07, 6.45) is 0. The molecule has 0 bridgehead atoms. The Hall–Kier alpha value is -3.57. The van der Waals surface area contributed by atoms with E-state index in [1.807, 2.05) is 11.0 Å². The van der Waals surface area contributed by atoms with Crippen LogP contribution in [0.25, 0.3) is 10.9 Å². The summed E-state index contributed by atoms with van der Waals surface area (Å²) >= 11 is 5.27. The number of nitrogens with zero attached hydrogens (tertiary/aromatic N) is 3. The van der Waals surface area contributed by atoms with Crippen LogP contribution in [0, 0.1) is 10.6 Å². The van der Waals surface area contributed by atoms with Gasteiger partial charge in [0.05, 0.1) is 29.3 Å². The topological polar surface area (TPSA) is 99.7 Å². The molecule has 2 heterocycles. The number of H-pyrrole nitrogens is 1. The summed E-state index contributed by atoms with van der Waals surface area (Å²) < 4.78 is 20.0. The quantitative estimate of drug-likeness (QED) is 0.379. The van der Waals surface area contributed by atoms with E-state index < -0.39 is 11.5 Å². The normalized spacial score (nSPS) is 14.2. The van der Waals surface area contributed by atoms with E-state index in [0.29, 0.717) is 42.8 Å². The van der Waals surface area contributed by atoms with Crippen molar-refractivity contribution in [2.24, 2.45) is 0 Å². The van der Waals surface area contributed by atoms with Gasteiger partial charge in [0, 0.05) is 39.3 Å². The Kier molecular flexibility index (Phi) is 7.57. The molecule has 11 heteroatoms. The van der Waals surface area contributed by atoms with Crippen LogP contribution < -0.4 is 15.8 Å². The molecule has 35 heavy (non-hydrogen) atoms. The van der Waals surface area contributed by atoms with Gasteiger partial charge in [0.2, 0.25) is 5.91 Å². The molecule has 0 atom stereocenters. The Labute approximate surface area is 206 Å². The number of aromatic nitrogens is 2. The fraction of sp³-hybridized carbons (Fsp3) is 0.333. The Morgan fingerprint density at radius 3 is 2.60 bits per heavy atom. The lowest BCUT2D eigenvalue weighted by Crippen LogP contribution is -2.49. The first-order valence-electron chi connectivity index (χ1n) is 11.2. The van der Waals surface area contributed by atoms with Crippen molar-refractivity contribution in [3.8, 4) is 0 Å². The molecule has 0 aliphatic carbocycles. The number of carbonyl (C=O) groups excluding carboxylic acids is 2. The lowest BCUT2D eigenvalue weighted by atomic mass is 10.1. The highest BCUT2D eigenvalue weighted by atomic mass is 32.1. The highest BCUT2D eigenvalue weighted by molar-refractivity contribution is 7.71. The van der Waals surface area contributed by atoms with Crippen molar-refractivity contribution in [2.75, 3.05) is 51.3 Å². The second-order valence-electron chi connectivity index (χ2n) is 8.20. The lowest BCUT2D eigenvalue weighted by Gasteiger charge is -2.36. The van der Waals surface area contributed by atoms with E-state index in [1.165, 1.54) is 35.9 Å². The van der Waals surface area contributed by atoms with Gasteiger partial charge in [0.25, 0.3) is 5.56 Å². The Bertz CT molecular complexity index is 1360. The van der Waals surface area contributed by atoms with E-state index in [2.05, 4.69) is 15.2 Å². The van der Waals surface area contributed by atoms with Crippen LogP contribution in [0.5, 0.6) is 0 Å². The second-order valence-corrected chi connectivity index (χ2v) is 8.59. The third kappa shape index (κ3) is 5.57. The number of ether oxygens (including phenoxy) is 1. The number of aromatic amines is 1. The maximum absolute atomic E-state index is 14.0. The number of benzene rings is 2. The van der Waals surface area contributed by atoms with Crippen molar-refractivity contribution >= 4 is 40.7 Å². The van der Waals surface area contributed by atoms with Gasteiger partial charge in [-0.2, -0.15) is 0 Å². The number of amides is 1. The molecule has 3 aromatic rings. The molecule has 0 unspecified atom stereocenters. The number of nitrogens with one attached hydrogen (secondary N) is 2. The van der Waals surface area contributed by atoms with E-state index in [0.717, 1.165) is 13.1 Å². The highest BCUT2D eigenvalue weighted by Crippen LogP contribution is 2.20. The minimum Gasteiger partial charge on any atom is -0.465 e. The number of hydrogen-bond donors (Lipinski definition) is 2.